The second-order valence-electron chi connectivity index (χ2n) is 7.73. The van der Waals surface area contributed by atoms with Crippen molar-refractivity contribution in [2.45, 2.75) is 37.6 Å². The summed E-state index contributed by atoms with van der Waals surface area (Å²) in [5, 5.41) is 4.62. The number of Topliss-reactive ketones (excluding diaryl/α,β-unsaturated/α-hetero) is 1. The number of likely N-dealkylation sites (N-methyl/N-ethyl adjacent to an activating group) is 1. The van der Waals surface area contributed by atoms with Crippen molar-refractivity contribution in [2.24, 2.45) is 0 Å². The van der Waals surface area contributed by atoms with Crippen LogP contribution in [-0.2, 0) is 15.1 Å². The van der Waals surface area contributed by atoms with Gasteiger partial charge >= 0.3 is 0 Å². The molecule has 0 radical (unpaired) electrons. The fourth-order valence-corrected chi connectivity index (χ4v) is 4.92. The van der Waals surface area contributed by atoms with Crippen molar-refractivity contribution in [2.75, 3.05) is 46.4 Å². The second kappa shape index (κ2) is 10.0. The molecule has 2 aliphatic rings. The number of ketones is 1. The highest BCUT2D eigenvalue weighted by molar-refractivity contribution is 7.80. The average Bonchev–Trinajstić information content (AvgIpc) is 2.72. The fraction of sp³-hybridized carbons (Fsp3) is 0.619. The third-order valence-corrected chi connectivity index (χ3v) is 6.78. The van der Waals surface area contributed by atoms with Gasteiger partial charge in [-0.2, -0.15) is 0 Å². The number of carbonyl (C=O) groups excluding carboxylic acids is 1. The van der Waals surface area contributed by atoms with Gasteiger partial charge in [-0.15, -0.1) is 0 Å². The maximum absolute atomic E-state index is 13.1. The van der Waals surface area contributed by atoms with Gasteiger partial charge in [-0.05, 0) is 37.5 Å². The molecule has 0 amide bonds. The molecule has 1 aromatic carbocycles. The molecule has 1 aliphatic heterocycles. The minimum Gasteiger partial charge on any atom is -0.370 e. The number of thiocarbonyl (C=S) groups is 1. The summed E-state index contributed by atoms with van der Waals surface area (Å²) in [4.78, 5) is 16.7. The number of halogens is 1. The van der Waals surface area contributed by atoms with Crippen LogP contribution in [-0.4, -0.2) is 62.2 Å². The molecular weight excluding hydrogens is 394 g/mol. The molecule has 1 saturated heterocycles. The number of quaternary nitrogens is 1. The molecule has 3 rings (SSSR count). The van der Waals surface area contributed by atoms with Gasteiger partial charge < -0.3 is 19.9 Å². The van der Waals surface area contributed by atoms with Gasteiger partial charge in [0, 0.05) is 37.0 Å². The van der Waals surface area contributed by atoms with Crippen molar-refractivity contribution >= 4 is 34.7 Å². The third-order valence-electron chi connectivity index (χ3n) is 6.03. The standard InChI is InChI=1S/C21H30ClN3O2S/c1-24(20(28)23-11-6-12-25-13-15-27-16-14-25)21(10-5-4-9-19(21)26)17-7-2-3-8-18(17)22/h2-3,7-8H,4-6,9-16H2,1H3,(H,23,28)/p+1/t21-/m1/s1. The van der Waals surface area contributed by atoms with E-state index >= 15 is 0 Å². The third kappa shape index (κ3) is 4.67. The van der Waals surface area contributed by atoms with Gasteiger partial charge in [0.05, 0.1) is 19.8 Å². The molecule has 5 nitrogen and oxygen atoms in total. The van der Waals surface area contributed by atoms with Crippen molar-refractivity contribution in [1.82, 2.24) is 10.2 Å². The number of benzene rings is 1. The lowest BCUT2D eigenvalue weighted by atomic mass is 9.74. The van der Waals surface area contributed by atoms with Crippen molar-refractivity contribution in [1.29, 1.82) is 0 Å². The molecule has 1 saturated carbocycles. The monoisotopic (exact) mass is 424 g/mol. The van der Waals surface area contributed by atoms with Crippen LogP contribution >= 0.6 is 23.8 Å². The summed E-state index contributed by atoms with van der Waals surface area (Å²) in [5.41, 5.74) is 0.0987. The molecular formula is C21H31ClN3O2S+. The minimum atomic E-state index is -0.768. The molecule has 0 aromatic heterocycles. The number of carbonyl (C=O) groups is 1. The van der Waals surface area contributed by atoms with Crippen LogP contribution in [0.4, 0.5) is 0 Å². The van der Waals surface area contributed by atoms with Crippen molar-refractivity contribution in [3.8, 4) is 0 Å². The number of rotatable bonds is 6. The molecule has 1 aliphatic carbocycles. The summed E-state index contributed by atoms with van der Waals surface area (Å²) in [5.74, 6) is 0.205. The Morgan fingerprint density at radius 2 is 2.07 bits per heavy atom. The molecule has 0 bridgehead atoms. The molecule has 1 atom stereocenters. The summed E-state index contributed by atoms with van der Waals surface area (Å²) in [6.45, 7) is 5.78. The van der Waals surface area contributed by atoms with E-state index < -0.39 is 5.54 Å². The van der Waals surface area contributed by atoms with Gasteiger partial charge in [0.2, 0.25) is 0 Å². The van der Waals surface area contributed by atoms with Crippen LogP contribution < -0.4 is 10.2 Å². The first-order valence-corrected chi connectivity index (χ1v) is 11.1. The molecule has 0 spiro atoms. The van der Waals surface area contributed by atoms with Crippen LogP contribution in [0.2, 0.25) is 5.02 Å². The Bertz CT molecular complexity index is 696. The summed E-state index contributed by atoms with van der Waals surface area (Å²) < 4.78 is 5.41. The number of nitrogens with one attached hydrogen (secondary N) is 2. The first-order chi connectivity index (χ1) is 13.6. The highest BCUT2D eigenvalue weighted by Crippen LogP contribution is 2.42. The fourth-order valence-electron chi connectivity index (χ4n) is 4.37. The zero-order valence-corrected chi connectivity index (χ0v) is 18.2. The predicted molar refractivity (Wildman–Crippen MR) is 116 cm³/mol. The van der Waals surface area contributed by atoms with Gasteiger partial charge in [-0.1, -0.05) is 29.8 Å². The molecule has 1 heterocycles. The van der Waals surface area contributed by atoms with Crippen LogP contribution in [0.5, 0.6) is 0 Å². The molecule has 7 heteroatoms. The summed E-state index contributed by atoms with van der Waals surface area (Å²) in [6, 6.07) is 7.67. The van der Waals surface area contributed by atoms with Crippen molar-refractivity contribution in [3.63, 3.8) is 0 Å². The average molecular weight is 425 g/mol. The lowest BCUT2D eigenvalue weighted by molar-refractivity contribution is -0.908. The number of nitrogens with zero attached hydrogens (tertiary/aromatic N) is 1. The number of ether oxygens (including phenoxy) is 1. The van der Waals surface area contributed by atoms with Crippen molar-refractivity contribution < 1.29 is 14.4 Å². The van der Waals surface area contributed by atoms with Crippen LogP contribution in [0.1, 0.15) is 37.7 Å². The highest BCUT2D eigenvalue weighted by atomic mass is 35.5. The van der Waals surface area contributed by atoms with Gasteiger partial charge in [0.15, 0.2) is 10.9 Å². The van der Waals surface area contributed by atoms with E-state index in [0.29, 0.717) is 16.6 Å². The minimum absolute atomic E-state index is 0.205. The van der Waals surface area contributed by atoms with E-state index in [9.17, 15) is 4.79 Å². The first kappa shape index (κ1) is 21.5. The quantitative estimate of drug-likeness (QED) is 0.538. The molecule has 28 heavy (non-hydrogen) atoms. The van der Waals surface area contributed by atoms with E-state index in [1.54, 1.807) is 4.90 Å². The van der Waals surface area contributed by atoms with Crippen LogP contribution in [0.3, 0.4) is 0 Å². The number of morpholine rings is 1. The van der Waals surface area contributed by atoms with Crippen molar-refractivity contribution in [3.05, 3.63) is 34.9 Å². The lowest BCUT2D eigenvalue weighted by Crippen LogP contribution is -3.14. The molecule has 2 fully saturated rings. The largest absolute Gasteiger partial charge is 0.370 e. The van der Waals surface area contributed by atoms with Gasteiger partial charge in [0.25, 0.3) is 0 Å². The van der Waals surface area contributed by atoms with Crippen LogP contribution in [0.25, 0.3) is 0 Å². The van der Waals surface area contributed by atoms with E-state index in [4.69, 9.17) is 28.6 Å². The van der Waals surface area contributed by atoms with Gasteiger partial charge in [-0.3, -0.25) is 4.79 Å². The summed E-state index contributed by atoms with van der Waals surface area (Å²) >= 11 is 12.2. The van der Waals surface area contributed by atoms with Crippen LogP contribution in [0, 0.1) is 0 Å². The smallest absolute Gasteiger partial charge is 0.169 e. The summed E-state index contributed by atoms with van der Waals surface area (Å²) in [6.07, 6.45) is 4.27. The Morgan fingerprint density at radius 3 is 2.79 bits per heavy atom. The van der Waals surface area contributed by atoms with Crippen LogP contribution in [0.15, 0.2) is 24.3 Å². The number of hydrogen-bond acceptors (Lipinski definition) is 3. The zero-order chi connectivity index (χ0) is 20.0. The maximum atomic E-state index is 13.1. The maximum Gasteiger partial charge on any atom is 0.169 e. The Labute approximate surface area is 178 Å². The Kier molecular flexibility index (Phi) is 7.69. The topological polar surface area (TPSA) is 46.0 Å². The van der Waals surface area contributed by atoms with E-state index in [1.807, 2.05) is 36.2 Å². The second-order valence-corrected chi connectivity index (χ2v) is 8.52. The normalized spacial score (nSPS) is 23.4. The highest BCUT2D eigenvalue weighted by Gasteiger charge is 2.47. The Hall–Kier alpha value is -1.21. The number of hydrogen-bond donors (Lipinski definition) is 2. The predicted octanol–water partition coefficient (Wildman–Crippen LogP) is 1.79. The van der Waals surface area contributed by atoms with E-state index in [1.165, 1.54) is 0 Å². The molecule has 1 aromatic rings. The lowest BCUT2D eigenvalue weighted by Gasteiger charge is -2.45. The Balaban J connectivity index is 1.65. The molecule has 0 unspecified atom stereocenters. The molecule has 154 valence electrons. The molecule has 2 N–H and O–H groups in total. The van der Waals surface area contributed by atoms with Gasteiger partial charge in [0.1, 0.15) is 18.6 Å². The summed E-state index contributed by atoms with van der Waals surface area (Å²) in [7, 11) is 1.93. The van der Waals surface area contributed by atoms with E-state index in [-0.39, 0.29) is 5.78 Å². The SMILES string of the molecule is CN(C(=S)NCCC[NH+]1CCOCC1)[C@@]1(c2ccccc2Cl)CCCCC1=O. The van der Waals surface area contributed by atoms with E-state index in [0.717, 1.165) is 70.6 Å². The first-order valence-electron chi connectivity index (χ1n) is 10.3. The Morgan fingerprint density at radius 1 is 1.32 bits per heavy atom. The van der Waals surface area contributed by atoms with Gasteiger partial charge in [-0.25, -0.2) is 0 Å². The van der Waals surface area contributed by atoms with E-state index in [2.05, 4.69) is 5.32 Å². The zero-order valence-electron chi connectivity index (χ0n) is 16.6.